The number of carbonyl (C=O) groups excluding carboxylic acids is 1. The Morgan fingerprint density at radius 2 is 2.07 bits per heavy atom. The summed E-state index contributed by atoms with van der Waals surface area (Å²) in [6, 6.07) is 6.26. The Morgan fingerprint density at radius 1 is 1.30 bits per heavy atom. The first-order valence-electron chi connectivity index (χ1n) is 9.52. The second-order valence-corrected chi connectivity index (χ2v) is 8.97. The highest BCUT2D eigenvalue weighted by atomic mass is 32.2. The number of rotatable bonds is 9. The molecule has 3 aromatic rings. The lowest BCUT2D eigenvalue weighted by Crippen LogP contribution is -2.17. The summed E-state index contributed by atoms with van der Waals surface area (Å²) in [7, 11) is 0. The van der Waals surface area contributed by atoms with Gasteiger partial charge in [-0.15, -0.1) is 21.5 Å². The normalized spacial score (nSPS) is 12.2. The molecule has 1 amide bonds. The molecule has 30 heavy (non-hydrogen) atoms. The molecule has 3 rings (SSSR count). The lowest BCUT2D eigenvalue weighted by Gasteiger charge is -2.18. The molecule has 0 radical (unpaired) electrons. The number of aryl methyl sites for hydroxylation is 1. The zero-order valence-electron chi connectivity index (χ0n) is 17.3. The smallest absolute Gasteiger partial charge is 0.236 e. The molecule has 0 bridgehead atoms. The second-order valence-electron chi connectivity index (χ2n) is 7.17. The van der Waals surface area contributed by atoms with Crippen molar-refractivity contribution < 1.29 is 13.9 Å². The third-order valence-corrected chi connectivity index (χ3v) is 5.84. The van der Waals surface area contributed by atoms with Crippen LogP contribution >= 0.6 is 23.1 Å². The van der Waals surface area contributed by atoms with Crippen molar-refractivity contribution in [3.05, 3.63) is 47.0 Å². The van der Waals surface area contributed by atoms with E-state index >= 15 is 0 Å². The Morgan fingerprint density at radius 3 is 2.73 bits per heavy atom. The van der Waals surface area contributed by atoms with Gasteiger partial charge < -0.3 is 14.6 Å². The van der Waals surface area contributed by atoms with E-state index in [1.165, 1.54) is 29.2 Å². The molecular formula is C20H24FN5O2S2. The highest BCUT2D eigenvalue weighted by Gasteiger charge is 2.22. The summed E-state index contributed by atoms with van der Waals surface area (Å²) in [5.74, 6) is 0.666. The van der Waals surface area contributed by atoms with Gasteiger partial charge in [0.15, 0.2) is 33.8 Å². The molecule has 0 fully saturated rings. The minimum Gasteiger partial charge on any atom is -0.480 e. The molecule has 0 aliphatic heterocycles. The van der Waals surface area contributed by atoms with Crippen LogP contribution in [-0.2, 0) is 11.3 Å². The lowest BCUT2D eigenvalue weighted by atomic mass is 10.2. The average molecular weight is 450 g/mol. The quantitative estimate of drug-likeness (QED) is 0.477. The number of amides is 1. The molecule has 160 valence electrons. The number of benzene rings is 1. The summed E-state index contributed by atoms with van der Waals surface area (Å²) in [6.07, 6.45) is -0.505. The minimum absolute atomic E-state index is 0.161. The first-order valence-corrected chi connectivity index (χ1v) is 11.4. The third kappa shape index (κ3) is 5.79. The summed E-state index contributed by atoms with van der Waals surface area (Å²) in [6.45, 7) is 8.50. The largest absolute Gasteiger partial charge is 0.480 e. The Balaban J connectivity index is 1.71. The Labute approximate surface area is 183 Å². The van der Waals surface area contributed by atoms with Crippen molar-refractivity contribution in [2.24, 2.45) is 5.92 Å². The topological polar surface area (TPSA) is 81.9 Å². The van der Waals surface area contributed by atoms with Crippen molar-refractivity contribution in [3.63, 3.8) is 0 Å². The number of carbonyl (C=O) groups is 1. The van der Waals surface area contributed by atoms with Gasteiger partial charge in [0.2, 0.25) is 5.91 Å². The average Bonchev–Trinajstić information content (AvgIpc) is 3.27. The lowest BCUT2D eigenvalue weighted by molar-refractivity contribution is -0.113. The van der Waals surface area contributed by atoms with Crippen molar-refractivity contribution in [3.8, 4) is 5.75 Å². The van der Waals surface area contributed by atoms with Crippen LogP contribution in [0.2, 0.25) is 0 Å². The van der Waals surface area contributed by atoms with E-state index in [0.717, 1.165) is 5.69 Å². The van der Waals surface area contributed by atoms with Gasteiger partial charge in [0.05, 0.1) is 11.4 Å². The zero-order valence-corrected chi connectivity index (χ0v) is 18.9. The molecule has 1 atom stereocenters. The number of nitrogens with zero attached hydrogens (tertiary/aromatic N) is 4. The molecule has 10 heteroatoms. The summed E-state index contributed by atoms with van der Waals surface area (Å²) in [4.78, 5) is 16.5. The molecule has 0 saturated carbocycles. The van der Waals surface area contributed by atoms with Crippen LogP contribution in [0.5, 0.6) is 5.75 Å². The van der Waals surface area contributed by atoms with E-state index in [9.17, 15) is 9.18 Å². The highest BCUT2D eigenvalue weighted by molar-refractivity contribution is 7.99. The molecule has 2 heterocycles. The second kappa shape index (κ2) is 10.0. The number of halogens is 1. The monoisotopic (exact) mass is 449 g/mol. The number of hydrogen-bond acceptors (Lipinski definition) is 7. The van der Waals surface area contributed by atoms with Crippen molar-refractivity contribution in [2.45, 2.75) is 45.5 Å². The Bertz CT molecular complexity index is 1000. The third-order valence-electron chi connectivity index (χ3n) is 3.99. The van der Waals surface area contributed by atoms with Crippen LogP contribution in [0.15, 0.2) is 34.8 Å². The van der Waals surface area contributed by atoms with E-state index in [1.807, 2.05) is 16.9 Å². The number of thioether (sulfide) groups is 1. The van der Waals surface area contributed by atoms with Gasteiger partial charge in [0.1, 0.15) is 0 Å². The first kappa shape index (κ1) is 22.2. The summed E-state index contributed by atoms with van der Waals surface area (Å²) >= 11 is 2.68. The minimum atomic E-state index is -0.505. The zero-order chi connectivity index (χ0) is 21.7. The van der Waals surface area contributed by atoms with Crippen LogP contribution in [0.1, 0.15) is 38.4 Å². The molecule has 2 aromatic heterocycles. The molecule has 0 aliphatic rings. The van der Waals surface area contributed by atoms with E-state index < -0.39 is 11.9 Å². The molecule has 7 nitrogen and oxygen atoms in total. The Kier molecular flexibility index (Phi) is 7.43. The number of para-hydroxylation sites is 1. The SMILES string of the molecule is Cc1csc(NC(=O)CSc2nnc(C(C)Oc3ccccc3F)n2CC(C)C)n1. The van der Waals surface area contributed by atoms with Gasteiger partial charge in [0.25, 0.3) is 0 Å². The maximum atomic E-state index is 14.0. The predicted octanol–water partition coefficient (Wildman–Crippen LogP) is 4.71. The van der Waals surface area contributed by atoms with Gasteiger partial charge in [-0.1, -0.05) is 37.7 Å². The summed E-state index contributed by atoms with van der Waals surface area (Å²) < 4.78 is 21.7. The van der Waals surface area contributed by atoms with E-state index in [0.29, 0.717) is 28.6 Å². The van der Waals surface area contributed by atoms with Gasteiger partial charge in [-0.3, -0.25) is 4.79 Å². The number of ether oxygens (including phenoxy) is 1. The van der Waals surface area contributed by atoms with Gasteiger partial charge in [0, 0.05) is 11.9 Å². The molecule has 1 aromatic carbocycles. The molecular weight excluding hydrogens is 425 g/mol. The number of thiazole rings is 1. The fourth-order valence-electron chi connectivity index (χ4n) is 2.72. The van der Waals surface area contributed by atoms with Crippen LogP contribution in [0.25, 0.3) is 0 Å². The van der Waals surface area contributed by atoms with Crippen LogP contribution in [0.3, 0.4) is 0 Å². The van der Waals surface area contributed by atoms with Crippen molar-refractivity contribution in [1.82, 2.24) is 19.7 Å². The number of anilines is 1. The summed E-state index contributed by atoms with van der Waals surface area (Å²) in [5.41, 5.74) is 0.869. The highest BCUT2D eigenvalue weighted by Crippen LogP contribution is 2.27. The fraction of sp³-hybridized carbons (Fsp3) is 0.400. The molecule has 0 saturated heterocycles. The maximum Gasteiger partial charge on any atom is 0.236 e. The number of nitrogens with one attached hydrogen (secondary N) is 1. The maximum absolute atomic E-state index is 14.0. The number of hydrogen-bond donors (Lipinski definition) is 1. The van der Waals surface area contributed by atoms with E-state index in [-0.39, 0.29) is 17.4 Å². The van der Waals surface area contributed by atoms with Crippen LogP contribution in [0.4, 0.5) is 9.52 Å². The Hall–Kier alpha value is -2.46. The molecule has 0 aliphatic carbocycles. The van der Waals surface area contributed by atoms with Gasteiger partial charge in [-0.2, -0.15) is 0 Å². The van der Waals surface area contributed by atoms with E-state index in [2.05, 4.69) is 34.3 Å². The van der Waals surface area contributed by atoms with Crippen LogP contribution in [0, 0.1) is 18.7 Å². The van der Waals surface area contributed by atoms with Crippen LogP contribution in [-0.4, -0.2) is 31.4 Å². The van der Waals surface area contributed by atoms with Crippen molar-refractivity contribution >= 4 is 34.1 Å². The van der Waals surface area contributed by atoms with E-state index in [1.54, 1.807) is 25.1 Å². The van der Waals surface area contributed by atoms with Gasteiger partial charge in [-0.25, -0.2) is 9.37 Å². The summed E-state index contributed by atoms with van der Waals surface area (Å²) in [5, 5.41) is 14.4. The van der Waals surface area contributed by atoms with Crippen molar-refractivity contribution in [2.75, 3.05) is 11.1 Å². The molecule has 1 unspecified atom stereocenters. The van der Waals surface area contributed by atoms with Crippen molar-refractivity contribution in [1.29, 1.82) is 0 Å². The predicted molar refractivity (Wildman–Crippen MR) is 117 cm³/mol. The first-order chi connectivity index (χ1) is 14.3. The number of aromatic nitrogens is 4. The van der Waals surface area contributed by atoms with E-state index in [4.69, 9.17) is 4.74 Å². The van der Waals surface area contributed by atoms with Gasteiger partial charge in [-0.05, 0) is 31.9 Å². The molecule has 1 N–H and O–H groups in total. The molecule has 0 spiro atoms. The standard InChI is InChI=1S/C20H24FN5O2S2/c1-12(2)9-26-18(14(4)28-16-8-6-5-7-15(16)21)24-25-20(26)30-11-17(27)23-19-22-13(3)10-29-19/h5-8,10,12,14H,9,11H2,1-4H3,(H,22,23,27). The fourth-order valence-corrected chi connectivity index (χ4v) is 4.18. The van der Waals surface area contributed by atoms with Crippen LogP contribution < -0.4 is 10.1 Å². The van der Waals surface area contributed by atoms with Gasteiger partial charge >= 0.3 is 0 Å².